The summed E-state index contributed by atoms with van der Waals surface area (Å²) in [6.45, 7) is 10.2. The number of hydrogen-bond donors (Lipinski definition) is 1. The summed E-state index contributed by atoms with van der Waals surface area (Å²) in [7, 11) is 0. The van der Waals surface area contributed by atoms with Gasteiger partial charge in [-0.25, -0.2) is 0 Å². The van der Waals surface area contributed by atoms with Crippen molar-refractivity contribution >= 4 is 10.9 Å². The summed E-state index contributed by atoms with van der Waals surface area (Å²) in [6.07, 6.45) is 3.02. The predicted octanol–water partition coefficient (Wildman–Crippen LogP) is 4.57. The molecular formula is C18H26N2. The van der Waals surface area contributed by atoms with E-state index in [1.54, 1.807) is 0 Å². The molecule has 1 N–H and O–H groups in total. The summed E-state index contributed by atoms with van der Waals surface area (Å²) >= 11 is 0. The maximum absolute atomic E-state index is 4.40. The molecule has 0 bridgehead atoms. The molecule has 0 saturated carbocycles. The Morgan fingerprint density at radius 2 is 1.95 bits per heavy atom. The fourth-order valence-electron chi connectivity index (χ4n) is 2.58. The Kier molecular flexibility index (Phi) is 5.13. The fourth-order valence-corrected chi connectivity index (χ4v) is 2.58. The van der Waals surface area contributed by atoms with Gasteiger partial charge in [-0.1, -0.05) is 39.8 Å². The van der Waals surface area contributed by atoms with Crippen molar-refractivity contribution in [3.63, 3.8) is 0 Å². The van der Waals surface area contributed by atoms with Gasteiger partial charge in [0, 0.05) is 17.6 Å². The third kappa shape index (κ3) is 3.37. The standard InChI is InChI=1S/C18H26N2/c1-5-10-20-18(14(4)13(2)3)16-8-9-17-15(12-16)7-6-11-19-17/h6-9,11-14,18,20H,5,10H2,1-4H3. The van der Waals surface area contributed by atoms with E-state index in [4.69, 9.17) is 0 Å². The Morgan fingerprint density at radius 1 is 1.15 bits per heavy atom. The number of nitrogens with one attached hydrogen (secondary N) is 1. The van der Waals surface area contributed by atoms with Crippen LogP contribution in [0.4, 0.5) is 0 Å². The van der Waals surface area contributed by atoms with E-state index in [2.05, 4.69) is 62.3 Å². The molecule has 1 aromatic heterocycles. The van der Waals surface area contributed by atoms with Gasteiger partial charge in [-0.15, -0.1) is 0 Å². The highest BCUT2D eigenvalue weighted by atomic mass is 14.9. The summed E-state index contributed by atoms with van der Waals surface area (Å²) in [4.78, 5) is 4.40. The van der Waals surface area contributed by atoms with Crippen molar-refractivity contribution in [2.45, 2.75) is 40.2 Å². The number of benzene rings is 1. The molecule has 0 aliphatic rings. The van der Waals surface area contributed by atoms with Gasteiger partial charge >= 0.3 is 0 Å². The van der Waals surface area contributed by atoms with Crippen LogP contribution in [0.5, 0.6) is 0 Å². The molecule has 2 rings (SSSR count). The molecule has 2 atom stereocenters. The Bertz CT molecular complexity index is 548. The van der Waals surface area contributed by atoms with Crippen molar-refractivity contribution in [1.29, 1.82) is 0 Å². The molecule has 0 spiro atoms. The lowest BCUT2D eigenvalue weighted by molar-refractivity contribution is 0.304. The van der Waals surface area contributed by atoms with E-state index in [1.807, 2.05) is 12.3 Å². The Morgan fingerprint density at radius 3 is 2.65 bits per heavy atom. The van der Waals surface area contributed by atoms with E-state index in [9.17, 15) is 0 Å². The van der Waals surface area contributed by atoms with Crippen molar-refractivity contribution in [3.05, 3.63) is 42.1 Å². The van der Waals surface area contributed by atoms with Gasteiger partial charge in [0.15, 0.2) is 0 Å². The second kappa shape index (κ2) is 6.85. The van der Waals surface area contributed by atoms with Crippen molar-refractivity contribution < 1.29 is 0 Å². The third-order valence-electron chi connectivity index (χ3n) is 4.18. The van der Waals surface area contributed by atoms with E-state index in [-0.39, 0.29) is 0 Å². The normalized spacial score (nSPS) is 14.7. The van der Waals surface area contributed by atoms with E-state index >= 15 is 0 Å². The zero-order valence-corrected chi connectivity index (χ0v) is 13.1. The minimum absolute atomic E-state index is 0.416. The minimum atomic E-state index is 0.416. The van der Waals surface area contributed by atoms with Gasteiger partial charge in [-0.3, -0.25) is 4.98 Å². The molecule has 0 amide bonds. The highest BCUT2D eigenvalue weighted by molar-refractivity contribution is 5.79. The predicted molar refractivity (Wildman–Crippen MR) is 86.8 cm³/mol. The second-order valence-corrected chi connectivity index (χ2v) is 5.99. The lowest BCUT2D eigenvalue weighted by Gasteiger charge is -2.28. The van der Waals surface area contributed by atoms with Crippen LogP contribution in [0.3, 0.4) is 0 Å². The van der Waals surface area contributed by atoms with Gasteiger partial charge in [0.2, 0.25) is 0 Å². The van der Waals surface area contributed by atoms with Crippen LogP contribution in [-0.4, -0.2) is 11.5 Å². The van der Waals surface area contributed by atoms with Crippen molar-refractivity contribution in [1.82, 2.24) is 10.3 Å². The van der Waals surface area contributed by atoms with Gasteiger partial charge in [0.25, 0.3) is 0 Å². The maximum atomic E-state index is 4.40. The Balaban J connectivity index is 2.34. The van der Waals surface area contributed by atoms with E-state index < -0.39 is 0 Å². The quantitative estimate of drug-likeness (QED) is 0.832. The van der Waals surface area contributed by atoms with Crippen LogP contribution >= 0.6 is 0 Å². The fraction of sp³-hybridized carbons (Fsp3) is 0.500. The van der Waals surface area contributed by atoms with Crippen LogP contribution in [0.1, 0.15) is 45.7 Å². The van der Waals surface area contributed by atoms with Crippen molar-refractivity contribution in [2.24, 2.45) is 11.8 Å². The van der Waals surface area contributed by atoms with E-state index in [0.29, 0.717) is 17.9 Å². The number of fused-ring (bicyclic) bond motifs is 1. The Hall–Kier alpha value is -1.41. The summed E-state index contributed by atoms with van der Waals surface area (Å²) in [5.74, 6) is 1.27. The summed E-state index contributed by atoms with van der Waals surface area (Å²) < 4.78 is 0. The molecule has 2 aromatic rings. The zero-order chi connectivity index (χ0) is 14.5. The first kappa shape index (κ1) is 15.0. The first-order valence-electron chi connectivity index (χ1n) is 7.71. The SMILES string of the molecule is CCCNC(c1ccc2ncccc2c1)C(C)C(C)C. The number of hydrogen-bond acceptors (Lipinski definition) is 2. The highest BCUT2D eigenvalue weighted by Crippen LogP contribution is 2.29. The van der Waals surface area contributed by atoms with Gasteiger partial charge < -0.3 is 5.32 Å². The van der Waals surface area contributed by atoms with E-state index in [1.165, 1.54) is 10.9 Å². The lowest BCUT2D eigenvalue weighted by atomic mass is 9.85. The van der Waals surface area contributed by atoms with Crippen LogP contribution in [0.25, 0.3) is 10.9 Å². The molecule has 0 aliphatic carbocycles. The summed E-state index contributed by atoms with van der Waals surface area (Å²) in [5.41, 5.74) is 2.45. The first-order chi connectivity index (χ1) is 9.63. The van der Waals surface area contributed by atoms with Gasteiger partial charge in [0.1, 0.15) is 0 Å². The van der Waals surface area contributed by atoms with Crippen molar-refractivity contribution in [2.75, 3.05) is 6.54 Å². The molecule has 2 nitrogen and oxygen atoms in total. The molecular weight excluding hydrogens is 244 g/mol. The smallest absolute Gasteiger partial charge is 0.0702 e. The molecule has 0 fully saturated rings. The van der Waals surface area contributed by atoms with Gasteiger partial charge in [0.05, 0.1) is 5.52 Å². The molecule has 108 valence electrons. The Labute approximate surface area is 122 Å². The van der Waals surface area contributed by atoms with Crippen LogP contribution in [0.2, 0.25) is 0 Å². The number of rotatable bonds is 6. The monoisotopic (exact) mass is 270 g/mol. The molecule has 0 radical (unpaired) electrons. The third-order valence-corrected chi connectivity index (χ3v) is 4.18. The minimum Gasteiger partial charge on any atom is -0.310 e. The molecule has 2 unspecified atom stereocenters. The topological polar surface area (TPSA) is 24.9 Å². The molecule has 1 heterocycles. The van der Waals surface area contributed by atoms with Gasteiger partial charge in [-0.05, 0) is 48.6 Å². The molecule has 2 heteroatoms. The molecule has 0 saturated heterocycles. The highest BCUT2D eigenvalue weighted by Gasteiger charge is 2.21. The second-order valence-electron chi connectivity index (χ2n) is 5.99. The molecule has 0 aliphatic heterocycles. The maximum Gasteiger partial charge on any atom is 0.0702 e. The number of aromatic nitrogens is 1. The van der Waals surface area contributed by atoms with Crippen LogP contribution < -0.4 is 5.32 Å². The molecule has 20 heavy (non-hydrogen) atoms. The summed E-state index contributed by atoms with van der Waals surface area (Å²) in [5, 5.41) is 4.94. The zero-order valence-electron chi connectivity index (χ0n) is 13.1. The van der Waals surface area contributed by atoms with Crippen molar-refractivity contribution in [3.8, 4) is 0 Å². The molecule has 1 aromatic carbocycles. The number of pyridine rings is 1. The average Bonchev–Trinajstić information content (AvgIpc) is 2.47. The lowest BCUT2D eigenvalue weighted by Crippen LogP contribution is -2.30. The van der Waals surface area contributed by atoms with Gasteiger partial charge in [-0.2, -0.15) is 0 Å². The van der Waals surface area contributed by atoms with Crippen LogP contribution in [0, 0.1) is 11.8 Å². The summed E-state index contributed by atoms with van der Waals surface area (Å²) in [6, 6.07) is 11.2. The number of nitrogens with zero attached hydrogens (tertiary/aromatic N) is 1. The first-order valence-corrected chi connectivity index (χ1v) is 7.71. The average molecular weight is 270 g/mol. The van der Waals surface area contributed by atoms with Crippen LogP contribution in [0.15, 0.2) is 36.5 Å². The van der Waals surface area contributed by atoms with E-state index in [0.717, 1.165) is 18.5 Å². The largest absolute Gasteiger partial charge is 0.310 e. The van der Waals surface area contributed by atoms with Crippen LogP contribution in [-0.2, 0) is 0 Å².